The number of nitrogens with zero attached hydrogens (tertiary/aromatic N) is 2. The second kappa shape index (κ2) is 8.66. The highest BCUT2D eigenvalue weighted by Gasteiger charge is 2.17. The van der Waals surface area contributed by atoms with Gasteiger partial charge in [-0.25, -0.2) is 4.79 Å². The van der Waals surface area contributed by atoms with E-state index in [0.29, 0.717) is 0 Å². The second-order valence-corrected chi connectivity index (χ2v) is 7.00. The van der Waals surface area contributed by atoms with Crippen LogP contribution < -0.4 is 16.6 Å². The molecule has 2 rings (SSSR count). The summed E-state index contributed by atoms with van der Waals surface area (Å²) in [7, 11) is 2.98. The summed E-state index contributed by atoms with van der Waals surface area (Å²) in [6.45, 7) is 6.20. The minimum atomic E-state index is -0.433. The number of aryl methyl sites for hydroxylation is 2. The molecule has 1 unspecified atom stereocenters. The summed E-state index contributed by atoms with van der Waals surface area (Å²) in [5.74, 6) is -0.0792. The van der Waals surface area contributed by atoms with Crippen molar-refractivity contribution in [1.29, 1.82) is 0 Å². The maximum absolute atomic E-state index is 12.4. The Bertz CT molecular complexity index is 950. The molecule has 0 saturated carbocycles. The van der Waals surface area contributed by atoms with Gasteiger partial charge in [0.2, 0.25) is 5.91 Å². The Morgan fingerprint density at radius 3 is 2.33 bits per heavy atom. The van der Waals surface area contributed by atoms with Gasteiger partial charge in [0.1, 0.15) is 0 Å². The van der Waals surface area contributed by atoms with E-state index in [9.17, 15) is 14.4 Å². The van der Waals surface area contributed by atoms with E-state index in [0.717, 1.165) is 16.6 Å². The van der Waals surface area contributed by atoms with Crippen molar-refractivity contribution in [1.82, 2.24) is 14.5 Å². The highest BCUT2D eigenvalue weighted by Crippen LogP contribution is 2.22. The van der Waals surface area contributed by atoms with Crippen LogP contribution in [0.25, 0.3) is 6.08 Å². The first kappa shape index (κ1) is 20.4. The first-order valence-electron chi connectivity index (χ1n) is 9.08. The molecule has 27 heavy (non-hydrogen) atoms. The Morgan fingerprint density at radius 1 is 1.15 bits per heavy atom. The van der Waals surface area contributed by atoms with Crippen molar-refractivity contribution < 1.29 is 4.79 Å². The molecule has 0 aliphatic rings. The number of rotatable bonds is 6. The minimum absolute atomic E-state index is 0.129. The molecule has 0 aliphatic carbocycles. The van der Waals surface area contributed by atoms with Crippen LogP contribution >= 0.6 is 0 Å². The molecule has 1 aromatic carbocycles. The Kier molecular flexibility index (Phi) is 6.55. The van der Waals surface area contributed by atoms with Crippen molar-refractivity contribution in [2.24, 2.45) is 20.0 Å². The van der Waals surface area contributed by atoms with Gasteiger partial charge in [-0.2, -0.15) is 0 Å². The molecule has 0 bridgehead atoms. The van der Waals surface area contributed by atoms with E-state index in [1.807, 2.05) is 26.0 Å². The largest absolute Gasteiger partial charge is 0.345 e. The molecule has 0 aliphatic heterocycles. The summed E-state index contributed by atoms with van der Waals surface area (Å²) in [5, 5.41) is 3.00. The van der Waals surface area contributed by atoms with E-state index in [-0.39, 0.29) is 23.4 Å². The average Bonchev–Trinajstić information content (AvgIpc) is 2.66. The van der Waals surface area contributed by atoms with Crippen molar-refractivity contribution in [2.45, 2.75) is 33.2 Å². The van der Waals surface area contributed by atoms with Gasteiger partial charge in [-0.3, -0.25) is 14.2 Å². The van der Waals surface area contributed by atoms with E-state index in [1.165, 1.54) is 35.5 Å². The average molecular weight is 369 g/mol. The maximum Gasteiger partial charge on any atom is 0.330 e. The maximum atomic E-state index is 12.4. The van der Waals surface area contributed by atoms with E-state index in [1.54, 1.807) is 7.05 Å². The molecule has 1 heterocycles. The molecular weight excluding hydrogens is 342 g/mol. The zero-order valence-electron chi connectivity index (χ0n) is 16.5. The molecule has 0 spiro atoms. The lowest BCUT2D eigenvalue weighted by Crippen LogP contribution is -2.37. The highest BCUT2D eigenvalue weighted by atomic mass is 16.2. The number of hydrogen-bond acceptors (Lipinski definition) is 3. The number of benzene rings is 1. The zero-order valence-corrected chi connectivity index (χ0v) is 16.5. The van der Waals surface area contributed by atoms with Gasteiger partial charge in [0.15, 0.2) is 0 Å². The summed E-state index contributed by atoms with van der Waals surface area (Å²) in [4.78, 5) is 36.3. The number of aromatic nitrogens is 2. The van der Waals surface area contributed by atoms with Crippen LogP contribution in [0.2, 0.25) is 0 Å². The van der Waals surface area contributed by atoms with Gasteiger partial charge >= 0.3 is 5.69 Å². The van der Waals surface area contributed by atoms with Crippen LogP contribution in [0.3, 0.4) is 0 Å². The van der Waals surface area contributed by atoms with Gasteiger partial charge in [0, 0.05) is 26.4 Å². The topological polar surface area (TPSA) is 73.1 Å². The van der Waals surface area contributed by atoms with Gasteiger partial charge < -0.3 is 9.88 Å². The Balaban J connectivity index is 2.20. The normalized spacial score (nSPS) is 12.5. The number of hydrogen-bond donors (Lipinski definition) is 1. The Labute approximate surface area is 159 Å². The smallest absolute Gasteiger partial charge is 0.330 e. The third-order valence-corrected chi connectivity index (χ3v) is 4.60. The third kappa shape index (κ3) is 4.84. The summed E-state index contributed by atoms with van der Waals surface area (Å²) in [5.41, 5.74) is 1.73. The van der Waals surface area contributed by atoms with E-state index in [4.69, 9.17) is 0 Å². The quantitative estimate of drug-likeness (QED) is 0.793. The fraction of sp³-hybridized carbons (Fsp3) is 0.381. The first-order chi connectivity index (χ1) is 12.7. The Morgan fingerprint density at radius 2 is 1.78 bits per heavy atom. The molecule has 0 radical (unpaired) electrons. The van der Waals surface area contributed by atoms with Gasteiger partial charge in [-0.15, -0.1) is 0 Å². The van der Waals surface area contributed by atoms with Crippen LogP contribution in [0.5, 0.6) is 0 Å². The molecule has 144 valence electrons. The SMILES string of the molecule is CCc1ccc(C(NC(=O)/C=C/c2cn(C)c(=O)n(C)c2=O)C(C)C)cc1. The van der Waals surface area contributed by atoms with Crippen LogP contribution in [0.15, 0.2) is 46.1 Å². The molecule has 1 N–H and O–H groups in total. The molecule has 6 heteroatoms. The molecular formula is C21H27N3O3. The van der Waals surface area contributed by atoms with Crippen LogP contribution in [-0.4, -0.2) is 15.0 Å². The van der Waals surface area contributed by atoms with Gasteiger partial charge in [-0.05, 0) is 29.5 Å². The number of carbonyl (C=O) groups is 1. The highest BCUT2D eigenvalue weighted by molar-refractivity contribution is 5.91. The van der Waals surface area contributed by atoms with Crippen molar-refractivity contribution in [3.8, 4) is 0 Å². The molecule has 0 saturated heterocycles. The molecule has 6 nitrogen and oxygen atoms in total. The summed E-state index contributed by atoms with van der Waals surface area (Å²) >= 11 is 0. The molecule has 0 fully saturated rings. The van der Waals surface area contributed by atoms with Crippen LogP contribution in [0.4, 0.5) is 0 Å². The van der Waals surface area contributed by atoms with Crippen molar-refractivity contribution in [2.75, 3.05) is 0 Å². The third-order valence-electron chi connectivity index (χ3n) is 4.60. The summed E-state index contributed by atoms with van der Waals surface area (Å²) < 4.78 is 2.33. The first-order valence-corrected chi connectivity index (χ1v) is 9.08. The van der Waals surface area contributed by atoms with Crippen molar-refractivity contribution in [3.05, 3.63) is 74.1 Å². The van der Waals surface area contributed by atoms with Gasteiger partial charge in [0.25, 0.3) is 5.56 Å². The molecule has 2 aromatic rings. The molecule has 1 aromatic heterocycles. The van der Waals surface area contributed by atoms with Crippen LogP contribution in [-0.2, 0) is 25.3 Å². The van der Waals surface area contributed by atoms with Crippen LogP contribution in [0.1, 0.15) is 43.5 Å². The van der Waals surface area contributed by atoms with E-state index < -0.39 is 11.2 Å². The minimum Gasteiger partial charge on any atom is -0.345 e. The lowest BCUT2D eigenvalue weighted by Gasteiger charge is -2.22. The van der Waals surface area contributed by atoms with E-state index in [2.05, 4.69) is 24.4 Å². The van der Waals surface area contributed by atoms with Crippen molar-refractivity contribution in [3.63, 3.8) is 0 Å². The van der Waals surface area contributed by atoms with Gasteiger partial charge in [0.05, 0.1) is 11.6 Å². The molecule has 1 amide bonds. The number of carbonyl (C=O) groups excluding carboxylic acids is 1. The lowest BCUT2D eigenvalue weighted by molar-refractivity contribution is -0.117. The standard InChI is InChI=1S/C21H27N3O3/c1-6-15-7-9-16(10-8-15)19(14(2)3)22-18(25)12-11-17-13-23(4)21(27)24(5)20(17)26/h7-14,19H,6H2,1-5H3,(H,22,25)/b12-11+. The van der Waals surface area contributed by atoms with Crippen LogP contribution in [0, 0.1) is 5.92 Å². The zero-order chi connectivity index (χ0) is 20.1. The summed E-state index contributed by atoms with van der Waals surface area (Å²) in [6.07, 6.45) is 5.17. The molecule has 1 atom stereocenters. The fourth-order valence-electron chi connectivity index (χ4n) is 2.91. The monoisotopic (exact) mass is 369 g/mol. The lowest BCUT2D eigenvalue weighted by atomic mass is 9.95. The second-order valence-electron chi connectivity index (χ2n) is 7.00. The fourth-order valence-corrected chi connectivity index (χ4v) is 2.91. The van der Waals surface area contributed by atoms with Crippen molar-refractivity contribution >= 4 is 12.0 Å². The predicted molar refractivity (Wildman–Crippen MR) is 107 cm³/mol. The number of amides is 1. The van der Waals surface area contributed by atoms with E-state index >= 15 is 0 Å². The number of nitrogens with one attached hydrogen (secondary N) is 1. The van der Waals surface area contributed by atoms with Gasteiger partial charge in [-0.1, -0.05) is 45.0 Å². The summed E-state index contributed by atoms with van der Waals surface area (Å²) in [6, 6.07) is 8.09. The Hall–Kier alpha value is -2.89. The predicted octanol–water partition coefficient (Wildman–Crippen LogP) is 2.17.